The summed E-state index contributed by atoms with van der Waals surface area (Å²) in [6, 6.07) is 8.54. The van der Waals surface area contributed by atoms with E-state index in [2.05, 4.69) is 22.9 Å². The standard InChI is InChI=1S/C35H61N3O5/c1-4-7-10-11-12-13-14-15-16-17-18-19-23-26-32(39)38-31(29-42-34(40)36-27-8-5-2)33(30-24-21-20-22-25-30)43-35(41)37-28-9-6-3/h20-22,24-25,31,33H,4-19,23,26-29H2,1-3H3,(H,36,40)(H,37,41)(H,38,39)/t31-,33-/m0/s1. The maximum atomic E-state index is 13.0. The lowest BCUT2D eigenvalue weighted by Gasteiger charge is -2.28. The number of hydrogen-bond donors (Lipinski definition) is 3. The van der Waals surface area contributed by atoms with E-state index >= 15 is 0 Å². The van der Waals surface area contributed by atoms with Crippen molar-refractivity contribution in [1.82, 2.24) is 16.0 Å². The molecule has 0 aliphatic rings. The monoisotopic (exact) mass is 603 g/mol. The number of hydrogen-bond acceptors (Lipinski definition) is 5. The lowest BCUT2D eigenvalue weighted by molar-refractivity contribution is -0.123. The predicted molar refractivity (Wildman–Crippen MR) is 175 cm³/mol. The van der Waals surface area contributed by atoms with E-state index in [1.165, 1.54) is 64.2 Å². The third-order valence-electron chi connectivity index (χ3n) is 7.57. The van der Waals surface area contributed by atoms with Gasteiger partial charge in [0.25, 0.3) is 0 Å². The zero-order valence-electron chi connectivity index (χ0n) is 27.4. The molecule has 0 fully saturated rings. The Morgan fingerprint density at radius 3 is 1.65 bits per heavy atom. The average molecular weight is 604 g/mol. The molecule has 3 N–H and O–H groups in total. The highest BCUT2D eigenvalue weighted by molar-refractivity contribution is 5.76. The third kappa shape index (κ3) is 20.7. The number of rotatable bonds is 26. The summed E-state index contributed by atoms with van der Waals surface area (Å²) >= 11 is 0. The number of nitrogens with one attached hydrogen (secondary N) is 3. The summed E-state index contributed by atoms with van der Waals surface area (Å²) in [5, 5.41) is 8.51. The van der Waals surface area contributed by atoms with E-state index in [0.717, 1.165) is 50.5 Å². The number of benzene rings is 1. The second kappa shape index (κ2) is 26.8. The van der Waals surface area contributed by atoms with E-state index < -0.39 is 24.3 Å². The molecular weight excluding hydrogens is 542 g/mol. The van der Waals surface area contributed by atoms with Crippen molar-refractivity contribution in [2.75, 3.05) is 19.7 Å². The molecule has 1 rings (SSSR count). The normalized spacial score (nSPS) is 12.3. The fourth-order valence-corrected chi connectivity index (χ4v) is 4.92. The van der Waals surface area contributed by atoms with Gasteiger partial charge in [-0.1, -0.05) is 141 Å². The van der Waals surface area contributed by atoms with Gasteiger partial charge in [0, 0.05) is 19.5 Å². The highest BCUT2D eigenvalue weighted by Crippen LogP contribution is 2.23. The average Bonchev–Trinajstić information content (AvgIpc) is 3.01. The van der Waals surface area contributed by atoms with Crippen molar-refractivity contribution in [3.8, 4) is 0 Å². The molecule has 0 aliphatic carbocycles. The fourth-order valence-electron chi connectivity index (χ4n) is 4.92. The van der Waals surface area contributed by atoms with Gasteiger partial charge in [0.15, 0.2) is 6.10 Å². The van der Waals surface area contributed by atoms with Crippen molar-refractivity contribution < 1.29 is 23.9 Å². The van der Waals surface area contributed by atoms with Crippen molar-refractivity contribution in [1.29, 1.82) is 0 Å². The lowest BCUT2D eigenvalue weighted by Crippen LogP contribution is -2.46. The molecule has 0 aromatic heterocycles. The Kier molecular flexibility index (Phi) is 23.9. The van der Waals surface area contributed by atoms with Crippen LogP contribution in [0.4, 0.5) is 9.59 Å². The molecule has 0 spiro atoms. The minimum atomic E-state index is -0.818. The van der Waals surface area contributed by atoms with Gasteiger partial charge >= 0.3 is 12.2 Å². The molecule has 43 heavy (non-hydrogen) atoms. The maximum Gasteiger partial charge on any atom is 0.407 e. The predicted octanol–water partition coefficient (Wildman–Crippen LogP) is 8.75. The Bertz CT molecular complexity index is 836. The van der Waals surface area contributed by atoms with Crippen LogP contribution >= 0.6 is 0 Å². The molecule has 0 saturated carbocycles. The van der Waals surface area contributed by atoms with Crippen molar-refractivity contribution in [3.63, 3.8) is 0 Å². The van der Waals surface area contributed by atoms with Gasteiger partial charge in [-0.05, 0) is 24.8 Å². The number of amides is 3. The minimum absolute atomic E-state index is 0.121. The molecule has 0 heterocycles. The molecule has 8 nitrogen and oxygen atoms in total. The van der Waals surface area contributed by atoms with Crippen LogP contribution in [-0.4, -0.2) is 43.8 Å². The van der Waals surface area contributed by atoms with Crippen molar-refractivity contribution >= 4 is 18.1 Å². The molecule has 0 saturated heterocycles. The number of ether oxygens (including phenoxy) is 2. The van der Waals surface area contributed by atoms with Crippen LogP contribution in [0.1, 0.15) is 148 Å². The molecule has 246 valence electrons. The molecule has 0 bridgehead atoms. The molecular formula is C35H61N3O5. The summed E-state index contributed by atoms with van der Waals surface area (Å²) in [5.41, 5.74) is 0.717. The molecule has 0 radical (unpaired) electrons. The largest absolute Gasteiger partial charge is 0.447 e. The molecule has 3 amide bonds. The number of alkyl carbamates (subject to hydrolysis) is 2. The summed E-state index contributed by atoms with van der Waals surface area (Å²) < 4.78 is 11.3. The van der Waals surface area contributed by atoms with Gasteiger partial charge in [0.1, 0.15) is 12.6 Å². The zero-order valence-corrected chi connectivity index (χ0v) is 27.4. The highest BCUT2D eigenvalue weighted by Gasteiger charge is 2.30. The van der Waals surface area contributed by atoms with E-state index in [0.29, 0.717) is 19.5 Å². The zero-order chi connectivity index (χ0) is 31.4. The van der Waals surface area contributed by atoms with Crippen LogP contribution in [0.3, 0.4) is 0 Å². The smallest absolute Gasteiger partial charge is 0.407 e. The Morgan fingerprint density at radius 1 is 0.628 bits per heavy atom. The first-order valence-electron chi connectivity index (χ1n) is 17.2. The Balaban J connectivity index is 2.61. The molecule has 1 aromatic rings. The minimum Gasteiger partial charge on any atom is -0.447 e. The fraction of sp³-hybridized carbons (Fsp3) is 0.743. The number of carbonyl (C=O) groups is 3. The Hall–Kier alpha value is -2.77. The molecule has 1 aromatic carbocycles. The van der Waals surface area contributed by atoms with E-state index in [1.54, 1.807) is 0 Å². The number of unbranched alkanes of at least 4 members (excludes halogenated alkanes) is 14. The van der Waals surface area contributed by atoms with E-state index in [-0.39, 0.29) is 12.5 Å². The first-order chi connectivity index (χ1) is 21.0. The van der Waals surface area contributed by atoms with Gasteiger partial charge in [0.05, 0.1) is 0 Å². The number of carbonyl (C=O) groups excluding carboxylic acids is 3. The molecule has 0 unspecified atom stereocenters. The first kappa shape index (κ1) is 38.3. The van der Waals surface area contributed by atoms with E-state index in [9.17, 15) is 14.4 Å². The van der Waals surface area contributed by atoms with Gasteiger partial charge in [0.2, 0.25) is 5.91 Å². The summed E-state index contributed by atoms with van der Waals surface area (Å²) in [5.74, 6) is -0.140. The first-order valence-corrected chi connectivity index (χ1v) is 17.2. The quantitative estimate of drug-likeness (QED) is 0.0918. The van der Waals surface area contributed by atoms with Gasteiger partial charge < -0.3 is 25.4 Å². The van der Waals surface area contributed by atoms with E-state index in [1.807, 2.05) is 44.2 Å². The summed E-state index contributed by atoms with van der Waals surface area (Å²) in [4.78, 5) is 38.0. The van der Waals surface area contributed by atoms with Crippen LogP contribution in [0, 0.1) is 0 Å². The van der Waals surface area contributed by atoms with Crippen LogP contribution in [-0.2, 0) is 14.3 Å². The molecule has 2 atom stereocenters. The molecule has 0 aliphatic heterocycles. The Morgan fingerprint density at radius 2 is 1.12 bits per heavy atom. The van der Waals surface area contributed by atoms with Gasteiger partial charge in [-0.15, -0.1) is 0 Å². The van der Waals surface area contributed by atoms with Crippen LogP contribution < -0.4 is 16.0 Å². The van der Waals surface area contributed by atoms with Crippen molar-refractivity contribution in [3.05, 3.63) is 35.9 Å². The topological polar surface area (TPSA) is 106 Å². The van der Waals surface area contributed by atoms with Gasteiger partial charge in [-0.25, -0.2) is 9.59 Å². The van der Waals surface area contributed by atoms with Crippen LogP contribution in [0.2, 0.25) is 0 Å². The van der Waals surface area contributed by atoms with Crippen molar-refractivity contribution in [2.24, 2.45) is 0 Å². The van der Waals surface area contributed by atoms with Crippen LogP contribution in [0.5, 0.6) is 0 Å². The van der Waals surface area contributed by atoms with Crippen LogP contribution in [0.25, 0.3) is 0 Å². The maximum absolute atomic E-state index is 13.0. The summed E-state index contributed by atoms with van der Waals surface area (Å²) in [6.45, 7) is 7.25. The summed E-state index contributed by atoms with van der Waals surface area (Å²) in [6.07, 6.45) is 18.2. The second-order valence-electron chi connectivity index (χ2n) is 11.6. The molecule has 8 heteroatoms. The highest BCUT2D eigenvalue weighted by atomic mass is 16.6. The van der Waals surface area contributed by atoms with Crippen molar-refractivity contribution in [2.45, 2.75) is 148 Å². The van der Waals surface area contributed by atoms with Gasteiger partial charge in [-0.3, -0.25) is 4.79 Å². The Labute approximate surface area is 261 Å². The van der Waals surface area contributed by atoms with Gasteiger partial charge in [-0.2, -0.15) is 0 Å². The SMILES string of the molecule is CCCCCCCCCCCCCCCC(=O)N[C@@H](COC(=O)NCCCC)[C@@H](OC(=O)NCCCC)c1ccccc1. The van der Waals surface area contributed by atoms with E-state index in [4.69, 9.17) is 9.47 Å². The van der Waals surface area contributed by atoms with Crippen LogP contribution in [0.15, 0.2) is 30.3 Å². The lowest BCUT2D eigenvalue weighted by atomic mass is 10.0. The summed E-state index contributed by atoms with van der Waals surface area (Å²) in [7, 11) is 0. The third-order valence-corrected chi connectivity index (χ3v) is 7.57. The second-order valence-corrected chi connectivity index (χ2v) is 11.6.